The number of amides is 1. The minimum absolute atomic E-state index is 0.197. The third-order valence-corrected chi connectivity index (χ3v) is 8.69. The van der Waals surface area contributed by atoms with E-state index in [4.69, 9.17) is 27.9 Å². The van der Waals surface area contributed by atoms with Crippen LogP contribution >= 0.6 is 23.2 Å². The van der Waals surface area contributed by atoms with Gasteiger partial charge in [-0.15, -0.1) is 0 Å². The Kier molecular flexibility index (Phi) is 10.7. The van der Waals surface area contributed by atoms with Gasteiger partial charge in [-0.3, -0.25) is 4.79 Å². The van der Waals surface area contributed by atoms with Crippen molar-refractivity contribution in [3.63, 3.8) is 0 Å². The van der Waals surface area contributed by atoms with Crippen LogP contribution in [-0.2, 0) is 27.5 Å². The van der Waals surface area contributed by atoms with Crippen molar-refractivity contribution in [3.05, 3.63) is 93.0 Å². The van der Waals surface area contributed by atoms with Gasteiger partial charge >= 0.3 is 6.18 Å². The molecule has 0 aliphatic carbocycles. The van der Waals surface area contributed by atoms with Crippen molar-refractivity contribution >= 4 is 39.1 Å². The second-order valence-corrected chi connectivity index (χ2v) is 13.3. The number of ether oxygens (including phenoxy) is 1. The lowest BCUT2D eigenvalue weighted by molar-refractivity contribution is -0.137. The average molecular weight is 659 g/mol. The zero-order valence-corrected chi connectivity index (χ0v) is 25.8. The van der Waals surface area contributed by atoms with Gasteiger partial charge in [-0.2, -0.15) is 13.2 Å². The van der Waals surface area contributed by atoms with Crippen LogP contribution in [0.3, 0.4) is 0 Å². The van der Waals surface area contributed by atoms with E-state index >= 15 is 0 Å². The molecule has 3 aromatic rings. The van der Waals surface area contributed by atoms with E-state index in [-0.39, 0.29) is 22.0 Å². The molecule has 1 amide bonds. The minimum Gasteiger partial charge on any atom is -0.493 e. The Morgan fingerprint density at radius 3 is 2.44 bits per heavy atom. The Morgan fingerprint density at radius 2 is 1.77 bits per heavy atom. The van der Waals surface area contributed by atoms with E-state index in [1.165, 1.54) is 18.2 Å². The van der Waals surface area contributed by atoms with Crippen LogP contribution < -0.4 is 20.1 Å². The summed E-state index contributed by atoms with van der Waals surface area (Å²) in [4.78, 5) is 12.7. The highest BCUT2D eigenvalue weighted by Gasteiger charge is 2.33. The Hall–Kier alpha value is -2.83. The molecule has 232 valence electrons. The molecule has 1 unspecified atom stereocenters. The number of fused-ring (bicyclic) bond motifs is 1. The molecule has 0 spiro atoms. The Morgan fingerprint density at radius 1 is 1.05 bits per heavy atom. The minimum atomic E-state index is -4.74. The maximum atomic E-state index is 13.3. The molecular formula is C30H32Cl2F3N3O4S. The molecule has 2 atom stereocenters. The van der Waals surface area contributed by atoms with Crippen molar-refractivity contribution in [1.29, 1.82) is 0 Å². The molecule has 1 aliphatic rings. The predicted molar refractivity (Wildman–Crippen MR) is 160 cm³/mol. The highest BCUT2D eigenvalue weighted by molar-refractivity contribution is 7.89. The maximum Gasteiger partial charge on any atom is 0.416 e. The fourth-order valence-corrected chi connectivity index (χ4v) is 6.55. The van der Waals surface area contributed by atoms with Crippen molar-refractivity contribution in [2.24, 2.45) is 5.92 Å². The molecule has 0 saturated heterocycles. The van der Waals surface area contributed by atoms with E-state index in [0.29, 0.717) is 37.3 Å². The predicted octanol–water partition coefficient (Wildman–Crippen LogP) is 6.81. The van der Waals surface area contributed by atoms with E-state index in [1.807, 2.05) is 18.2 Å². The first-order valence-electron chi connectivity index (χ1n) is 13.6. The number of hydrogen-bond acceptors (Lipinski definition) is 5. The molecule has 43 heavy (non-hydrogen) atoms. The number of carbonyl (C=O) groups excluding carboxylic acids is 1. The highest BCUT2D eigenvalue weighted by atomic mass is 35.5. The summed E-state index contributed by atoms with van der Waals surface area (Å²) in [5.74, 6) is 0.673. The number of carbonyl (C=O) groups is 1. The van der Waals surface area contributed by atoms with Crippen molar-refractivity contribution in [2.75, 3.05) is 13.2 Å². The zero-order valence-electron chi connectivity index (χ0n) is 23.5. The summed E-state index contributed by atoms with van der Waals surface area (Å²) >= 11 is 12.3. The number of hydrogen-bond donors (Lipinski definition) is 3. The summed E-state index contributed by atoms with van der Waals surface area (Å²) in [5.41, 5.74) is 0.981. The summed E-state index contributed by atoms with van der Waals surface area (Å²) < 4.78 is 74.5. The quantitative estimate of drug-likeness (QED) is 0.211. The summed E-state index contributed by atoms with van der Waals surface area (Å²) in [6.07, 6.45) is -4.62. The fourth-order valence-electron chi connectivity index (χ4n) is 4.74. The first-order valence-corrected chi connectivity index (χ1v) is 15.9. The van der Waals surface area contributed by atoms with Gasteiger partial charge in [0.2, 0.25) is 15.9 Å². The molecule has 7 nitrogen and oxygen atoms in total. The van der Waals surface area contributed by atoms with Gasteiger partial charge in [-0.25, -0.2) is 13.1 Å². The van der Waals surface area contributed by atoms with Gasteiger partial charge in [0.15, 0.2) is 0 Å². The first kappa shape index (κ1) is 33.1. The highest BCUT2D eigenvalue weighted by Crippen LogP contribution is 2.34. The Balaban J connectivity index is 1.54. The second-order valence-electron chi connectivity index (χ2n) is 10.8. The van der Waals surface area contributed by atoms with E-state index in [1.54, 1.807) is 0 Å². The van der Waals surface area contributed by atoms with E-state index in [2.05, 4.69) is 29.2 Å². The largest absolute Gasteiger partial charge is 0.493 e. The number of benzene rings is 3. The molecule has 0 saturated carbocycles. The van der Waals surface area contributed by atoms with Crippen molar-refractivity contribution in [2.45, 2.75) is 56.4 Å². The number of sulfonamides is 1. The first-order chi connectivity index (χ1) is 20.2. The SMILES string of the molecule is CC(C)CNCc1ccc2c(c1)OCC[C@H]2NC(=O)CC(NS(=O)(=O)c1cccc(C(F)(F)F)c1)c1cc(Cl)cc(Cl)c1. The fraction of sp³-hybridized carbons (Fsp3) is 0.367. The molecule has 0 aromatic heterocycles. The molecule has 3 aromatic carbocycles. The van der Waals surface area contributed by atoms with Crippen LogP contribution in [0.5, 0.6) is 5.75 Å². The summed E-state index contributed by atoms with van der Waals surface area (Å²) in [6.45, 7) is 6.15. The van der Waals surface area contributed by atoms with E-state index < -0.39 is 44.6 Å². The van der Waals surface area contributed by atoms with Gasteiger partial charge in [0, 0.05) is 35.0 Å². The normalized spacial score (nSPS) is 16.0. The number of halogens is 5. The van der Waals surface area contributed by atoms with Gasteiger partial charge in [0.05, 0.1) is 29.1 Å². The van der Waals surface area contributed by atoms with Crippen LogP contribution in [0.1, 0.15) is 61.0 Å². The van der Waals surface area contributed by atoms with Crippen LogP contribution in [0.25, 0.3) is 0 Å². The van der Waals surface area contributed by atoms with Crippen molar-refractivity contribution < 1.29 is 31.1 Å². The lowest BCUT2D eigenvalue weighted by atomic mass is 9.97. The molecular weight excluding hydrogens is 626 g/mol. The molecule has 13 heteroatoms. The lowest BCUT2D eigenvalue weighted by Crippen LogP contribution is -2.36. The van der Waals surface area contributed by atoms with Crippen LogP contribution in [-0.4, -0.2) is 27.5 Å². The van der Waals surface area contributed by atoms with Gasteiger partial charge in [0.25, 0.3) is 0 Å². The topological polar surface area (TPSA) is 96.5 Å². The number of nitrogens with one attached hydrogen (secondary N) is 3. The Bertz CT molecular complexity index is 1550. The van der Waals surface area contributed by atoms with Crippen molar-refractivity contribution in [3.8, 4) is 5.75 Å². The molecule has 0 bridgehead atoms. The van der Waals surface area contributed by atoms with Crippen LogP contribution in [0.4, 0.5) is 13.2 Å². The third-order valence-electron chi connectivity index (χ3n) is 6.78. The van der Waals surface area contributed by atoms with Gasteiger partial charge in [0.1, 0.15) is 5.75 Å². The van der Waals surface area contributed by atoms with Crippen molar-refractivity contribution in [1.82, 2.24) is 15.4 Å². The standard InChI is InChI=1S/C30H32Cl2F3N3O4S/c1-18(2)16-36-17-19-6-7-25-26(8-9-42-28(25)10-19)37-29(39)15-27(20-11-22(31)14-23(32)12-20)38-43(40,41)24-5-3-4-21(13-24)30(33,34)35/h3-7,10-14,18,26-27,36,38H,8-9,15-17H2,1-2H3,(H,37,39)/t26-,27?/m1/s1. The van der Waals surface area contributed by atoms with Gasteiger partial charge in [-0.1, -0.05) is 55.2 Å². The van der Waals surface area contributed by atoms with Crippen LogP contribution in [0.15, 0.2) is 65.6 Å². The summed E-state index contributed by atoms with van der Waals surface area (Å²) in [6, 6.07) is 11.9. The molecule has 1 aliphatic heterocycles. The third kappa shape index (κ3) is 9.09. The van der Waals surface area contributed by atoms with Gasteiger partial charge in [-0.05, 0) is 66.1 Å². The second kappa shape index (κ2) is 13.9. The smallest absolute Gasteiger partial charge is 0.416 e. The van der Waals surface area contributed by atoms with E-state index in [9.17, 15) is 26.4 Å². The molecule has 4 rings (SSSR count). The summed E-state index contributed by atoms with van der Waals surface area (Å²) in [5, 5.41) is 6.73. The summed E-state index contributed by atoms with van der Waals surface area (Å²) in [7, 11) is -4.50. The Labute approximate surface area is 259 Å². The number of rotatable bonds is 11. The maximum absolute atomic E-state index is 13.3. The zero-order chi connectivity index (χ0) is 31.4. The monoisotopic (exact) mass is 657 g/mol. The molecule has 0 fully saturated rings. The van der Waals surface area contributed by atoms with Gasteiger partial charge < -0.3 is 15.4 Å². The molecule has 1 heterocycles. The molecule has 0 radical (unpaired) electrons. The van der Waals surface area contributed by atoms with Crippen LogP contribution in [0, 0.1) is 5.92 Å². The van der Waals surface area contributed by atoms with Crippen LogP contribution in [0.2, 0.25) is 10.0 Å². The average Bonchev–Trinajstić information content (AvgIpc) is 2.91. The molecule has 3 N–H and O–H groups in total. The number of alkyl halides is 3. The lowest BCUT2D eigenvalue weighted by Gasteiger charge is -2.28. The van der Waals surface area contributed by atoms with E-state index in [0.717, 1.165) is 35.9 Å².